The summed E-state index contributed by atoms with van der Waals surface area (Å²) in [6.45, 7) is 7.66. The van der Waals surface area contributed by atoms with E-state index in [1.165, 1.54) is 12.8 Å². The molecule has 1 saturated heterocycles. The number of nitrogens with zero attached hydrogens (tertiary/aromatic N) is 1. The minimum Gasteiger partial charge on any atom is -0.475 e. The first-order valence-corrected chi connectivity index (χ1v) is 7.65. The molecule has 112 valence electrons. The van der Waals surface area contributed by atoms with Gasteiger partial charge < -0.3 is 14.8 Å². The summed E-state index contributed by atoms with van der Waals surface area (Å²) in [6, 6.07) is 5.93. The largest absolute Gasteiger partial charge is 0.475 e. The maximum absolute atomic E-state index is 5.75. The van der Waals surface area contributed by atoms with Crippen molar-refractivity contribution < 1.29 is 9.47 Å². The normalized spacial score (nSPS) is 19.2. The van der Waals surface area contributed by atoms with Crippen LogP contribution in [-0.2, 0) is 11.3 Å². The number of aromatic nitrogens is 1. The summed E-state index contributed by atoms with van der Waals surface area (Å²) in [5, 5.41) is 3.39. The molecule has 0 aromatic carbocycles. The molecule has 0 amide bonds. The molecule has 1 atom stereocenters. The van der Waals surface area contributed by atoms with Gasteiger partial charge in [-0.2, -0.15) is 0 Å². The quantitative estimate of drug-likeness (QED) is 0.833. The van der Waals surface area contributed by atoms with Gasteiger partial charge in [-0.15, -0.1) is 0 Å². The SMILES string of the molecule is CC(C)CNCc1cccc(OCC2CCCCO2)n1. The Morgan fingerprint density at radius 3 is 3.05 bits per heavy atom. The minimum atomic E-state index is 0.230. The van der Waals surface area contributed by atoms with Gasteiger partial charge in [0.1, 0.15) is 6.61 Å². The van der Waals surface area contributed by atoms with E-state index >= 15 is 0 Å². The van der Waals surface area contributed by atoms with E-state index in [2.05, 4.69) is 24.1 Å². The molecule has 1 aromatic rings. The van der Waals surface area contributed by atoms with Gasteiger partial charge in [-0.05, 0) is 37.8 Å². The van der Waals surface area contributed by atoms with Crippen molar-refractivity contribution in [3.63, 3.8) is 0 Å². The minimum absolute atomic E-state index is 0.230. The zero-order chi connectivity index (χ0) is 14.2. The molecule has 1 aliphatic heterocycles. The van der Waals surface area contributed by atoms with Crippen LogP contribution >= 0.6 is 0 Å². The third kappa shape index (κ3) is 5.47. The molecule has 20 heavy (non-hydrogen) atoms. The van der Waals surface area contributed by atoms with Crippen molar-refractivity contribution in [3.8, 4) is 5.88 Å². The summed E-state index contributed by atoms with van der Waals surface area (Å²) in [5.74, 6) is 1.35. The van der Waals surface area contributed by atoms with E-state index in [4.69, 9.17) is 9.47 Å². The zero-order valence-electron chi connectivity index (χ0n) is 12.6. The first kappa shape index (κ1) is 15.3. The van der Waals surface area contributed by atoms with Gasteiger partial charge in [-0.25, -0.2) is 4.98 Å². The summed E-state index contributed by atoms with van der Waals surface area (Å²) < 4.78 is 11.4. The Morgan fingerprint density at radius 2 is 2.30 bits per heavy atom. The van der Waals surface area contributed by atoms with E-state index in [1.54, 1.807) is 0 Å². The van der Waals surface area contributed by atoms with Crippen LogP contribution in [0.5, 0.6) is 5.88 Å². The number of ether oxygens (including phenoxy) is 2. The molecule has 1 unspecified atom stereocenters. The first-order valence-electron chi connectivity index (χ1n) is 7.65. The lowest BCUT2D eigenvalue weighted by atomic mass is 10.1. The fourth-order valence-electron chi connectivity index (χ4n) is 2.24. The molecule has 2 heterocycles. The van der Waals surface area contributed by atoms with Crippen LogP contribution in [0.25, 0.3) is 0 Å². The Balaban J connectivity index is 1.76. The van der Waals surface area contributed by atoms with E-state index in [9.17, 15) is 0 Å². The lowest BCUT2D eigenvalue weighted by Crippen LogP contribution is -2.26. The van der Waals surface area contributed by atoms with Crippen molar-refractivity contribution in [3.05, 3.63) is 23.9 Å². The molecule has 0 bridgehead atoms. The van der Waals surface area contributed by atoms with Crippen LogP contribution in [0.1, 0.15) is 38.8 Å². The molecule has 4 heteroatoms. The second-order valence-electron chi connectivity index (χ2n) is 5.79. The first-order chi connectivity index (χ1) is 9.74. The maximum Gasteiger partial charge on any atom is 0.213 e. The van der Waals surface area contributed by atoms with Crippen LogP contribution in [0.15, 0.2) is 18.2 Å². The van der Waals surface area contributed by atoms with Crippen LogP contribution in [0, 0.1) is 5.92 Å². The van der Waals surface area contributed by atoms with Gasteiger partial charge in [-0.3, -0.25) is 0 Å². The predicted octanol–water partition coefficient (Wildman–Crippen LogP) is 2.78. The molecule has 1 aliphatic rings. The highest BCUT2D eigenvalue weighted by Gasteiger charge is 2.14. The van der Waals surface area contributed by atoms with Crippen molar-refractivity contribution in [2.45, 2.75) is 45.8 Å². The van der Waals surface area contributed by atoms with Crippen molar-refractivity contribution in [1.29, 1.82) is 0 Å². The lowest BCUT2D eigenvalue weighted by Gasteiger charge is -2.22. The number of nitrogens with one attached hydrogen (secondary N) is 1. The molecular weight excluding hydrogens is 252 g/mol. The fourth-order valence-corrected chi connectivity index (χ4v) is 2.24. The van der Waals surface area contributed by atoms with Gasteiger partial charge in [0.2, 0.25) is 5.88 Å². The maximum atomic E-state index is 5.75. The molecule has 1 N–H and O–H groups in total. The van der Waals surface area contributed by atoms with Crippen molar-refractivity contribution in [2.75, 3.05) is 19.8 Å². The van der Waals surface area contributed by atoms with Crippen molar-refractivity contribution in [2.24, 2.45) is 5.92 Å². The highest BCUT2D eigenvalue weighted by Crippen LogP contribution is 2.15. The molecule has 0 radical (unpaired) electrons. The van der Waals surface area contributed by atoms with Crippen LogP contribution < -0.4 is 10.1 Å². The third-order valence-electron chi connectivity index (χ3n) is 3.33. The van der Waals surface area contributed by atoms with E-state index < -0.39 is 0 Å². The topological polar surface area (TPSA) is 43.4 Å². The molecule has 1 fully saturated rings. The Kier molecular flexibility index (Phi) is 6.27. The third-order valence-corrected chi connectivity index (χ3v) is 3.33. The van der Waals surface area contributed by atoms with Gasteiger partial charge in [0, 0.05) is 19.2 Å². The lowest BCUT2D eigenvalue weighted by molar-refractivity contribution is -0.0119. The molecule has 4 nitrogen and oxygen atoms in total. The van der Waals surface area contributed by atoms with Gasteiger partial charge in [0.25, 0.3) is 0 Å². The molecule has 0 aliphatic carbocycles. The summed E-state index contributed by atoms with van der Waals surface area (Å²) in [5.41, 5.74) is 1.02. The molecule has 0 saturated carbocycles. The van der Waals surface area contributed by atoms with Crippen LogP contribution in [0.3, 0.4) is 0 Å². The Hall–Kier alpha value is -1.13. The summed E-state index contributed by atoms with van der Waals surface area (Å²) >= 11 is 0. The predicted molar refractivity (Wildman–Crippen MR) is 79.9 cm³/mol. The van der Waals surface area contributed by atoms with Crippen LogP contribution in [0.4, 0.5) is 0 Å². The number of pyridine rings is 1. The van der Waals surface area contributed by atoms with Crippen molar-refractivity contribution in [1.82, 2.24) is 10.3 Å². The van der Waals surface area contributed by atoms with Gasteiger partial charge in [0.05, 0.1) is 11.8 Å². The number of hydrogen-bond donors (Lipinski definition) is 1. The number of rotatable bonds is 7. The van der Waals surface area contributed by atoms with E-state index in [1.807, 2.05) is 18.2 Å². The Morgan fingerprint density at radius 1 is 1.40 bits per heavy atom. The van der Waals surface area contributed by atoms with Crippen LogP contribution in [-0.4, -0.2) is 30.8 Å². The van der Waals surface area contributed by atoms with E-state index in [0.29, 0.717) is 18.4 Å². The average Bonchev–Trinajstić information content (AvgIpc) is 2.46. The highest BCUT2D eigenvalue weighted by molar-refractivity contribution is 5.15. The molecule has 2 rings (SSSR count). The smallest absolute Gasteiger partial charge is 0.213 e. The van der Waals surface area contributed by atoms with Gasteiger partial charge in [0.15, 0.2) is 0 Å². The Labute approximate surface area is 121 Å². The zero-order valence-corrected chi connectivity index (χ0v) is 12.6. The molecule has 0 spiro atoms. The summed E-state index contributed by atoms with van der Waals surface area (Å²) in [4.78, 5) is 4.51. The number of hydrogen-bond acceptors (Lipinski definition) is 4. The van der Waals surface area contributed by atoms with Gasteiger partial charge >= 0.3 is 0 Å². The Bertz CT molecular complexity index is 390. The molecular formula is C16H26N2O2. The van der Waals surface area contributed by atoms with Crippen molar-refractivity contribution >= 4 is 0 Å². The summed E-state index contributed by atoms with van der Waals surface area (Å²) in [6.07, 6.45) is 3.73. The standard InChI is InChI=1S/C16H26N2O2/c1-13(2)10-17-11-14-6-5-8-16(18-14)20-12-15-7-3-4-9-19-15/h5-6,8,13,15,17H,3-4,7,9-12H2,1-2H3. The monoisotopic (exact) mass is 278 g/mol. The van der Waals surface area contributed by atoms with E-state index in [0.717, 1.165) is 31.8 Å². The highest BCUT2D eigenvalue weighted by atomic mass is 16.5. The summed E-state index contributed by atoms with van der Waals surface area (Å²) in [7, 11) is 0. The molecule has 1 aromatic heterocycles. The van der Waals surface area contributed by atoms with Gasteiger partial charge in [-0.1, -0.05) is 19.9 Å². The fraction of sp³-hybridized carbons (Fsp3) is 0.688. The van der Waals surface area contributed by atoms with Crippen LogP contribution in [0.2, 0.25) is 0 Å². The van der Waals surface area contributed by atoms with E-state index in [-0.39, 0.29) is 6.10 Å². The average molecular weight is 278 g/mol. The second-order valence-corrected chi connectivity index (χ2v) is 5.79. The second kappa shape index (κ2) is 8.22.